The lowest BCUT2D eigenvalue weighted by molar-refractivity contribution is -0.146. The molecule has 1 aliphatic rings. The van der Waals surface area contributed by atoms with Gasteiger partial charge in [0.05, 0.1) is 6.10 Å². The van der Waals surface area contributed by atoms with Crippen molar-refractivity contribution in [3.05, 3.63) is 0 Å². The lowest BCUT2D eigenvalue weighted by Crippen LogP contribution is -2.56. The Morgan fingerprint density at radius 2 is 1.88 bits per heavy atom. The second-order valence-corrected chi connectivity index (χ2v) is 5.15. The third-order valence-corrected chi connectivity index (χ3v) is 3.22. The van der Waals surface area contributed by atoms with Gasteiger partial charge in [-0.1, -0.05) is 6.92 Å². The third-order valence-electron chi connectivity index (χ3n) is 3.22. The van der Waals surface area contributed by atoms with Gasteiger partial charge in [0.1, 0.15) is 5.54 Å². The lowest BCUT2D eigenvalue weighted by Gasteiger charge is -2.36. The van der Waals surface area contributed by atoms with Crippen molar-refractivity contribution in [1.29, 1.82) is 0 Å². The van der Waals surface area contributed by atoms with Crippen molar-refractivity contribution in [1.82, 2.24) is 5.32 Å². The maximum atomic E-state index is 11.5. The van der Waals surface area contributed by atoms with Crippen LogP contribution in [0.4, 0.5) is 4.79 Å². The molecular formula is C12H21NO4. The first-order valence-electron chi connectivity index (χ1n) is 6.08. The maximum absolute atomic E-state index is 11.5. The average Bonchev–Trinajstić information content (AvgIpc) is 2.20. The van der Waals surface area contributed by atoms with Gasteiger partial charge in [-0.2, -0.15) is 0 Å². The van der Waals surface area contributed by atoms with E-state index >= 15 is 0 Å². The Kier molecular flexibility index (Phi) is 4.37. The number of nitrogens with one attached hydrogen (secondary N) is 1. The SMILES string of the molecule is CC1CCC(NC(=O)OC(C)C)(C(=O)O)CC1. The minimum absolute atomic E-state index is 0.247. The standard InChI is InChI=1S/C12H21NO4/c1-8(2)17-11(16)13-12(10(14)15)6-4-9(3)5-7-12/h8-9H,4-7H2,1-3H3,(H,13,16)(H,14,15). The number of carbonyl (C=O) groups is 2. The fraction of sp³-hybridized carbons (Fsp3) is 0.833. The minimum atomic E-state index is -1.14. The highest BCUT2D eigenvalue weighted by atomic mass is 16.6. The zero-order chi connectivity index (χ0) is 13.1. The summed E-state index contributed by atoms with van der Waals surface area (Å²) in [6, 6.07) is 0. The quantitative estimate of drug-likeness (QED) is 0.796. The van der Waals surface area contributed by atoms with Crippen LogP contribution in [0.2, 0.25) is 0 Å². The smallest absolute Gasteiger partial charge is 0.408 e. The largest absolute Gasteiger partial charge is 0.480 e. The van der Waals surface area contributed by atoms with E-state index in [1.165, 1.54) is 0 Å². The maximum Gasteiger partial charge on any atom is 0.408 e. The van der Waals surface area contributed by atoms with Gasteiger partial charge < -0.3 is 15.2 Å². The van der Waals surface area contributed by atoms with Gasteiger partial charge >= 0.3 is 12.1 Å². The van der Waals surface area contributed by atoms with Crippen LogP contribution in [0.1, 0.15) is 46.5 Å². The van der Waals surface area contributed by atoms with Gasteiger partial charge in [0, 0.05) is 0 Å². The topological polar surface area (TPSA) is 75.6 Å². The summed E-state index contributed by atoms with van der Waals surface area (Å²) in [4.78, 5) is 22.9. The van der Waals surface area contributed by atoms with Crippen LogP contribution in [0, 0.1) is 5.92 Å². The Bertz CT molecular complexity index is 293. The van der Waals surface area contributed by atoms with Gasteiger partial charge in [-0.25, -0.2) is 9.59 Å². The number of carbonyl (C=O) groups excluding carboxylic acids is 1. The molecule has 1 aliphatic carbocycles. The number of hydrogen-bond acceptors (Lipinski definition) is 3. The molecule has 0 aromatic heterocycles. The number of hydrogen-bond donors (Lipinski definition) is 2. The number of amides is 1. The first kappa shape index (κ1) is 13.8. The van der Waals surface area contributed by atoms with Crippen molar-refractivity contribution >= 4 is 12.1 Å². The number of aliphatic carboxylic acids is 1. The van der Waals surface area contributed by atoms with E-state index in [0.717, 1.165) is 12.8 Å². The fourth-order valence-electron chi connectivity index (χ4n) is 2.09. The highest BCUT2D eigenvalue weighted by Crippen LogP contribution is 2.32. The Balaban J connectivity index is 2.66. The van der Waals surface area contributed by atoms with Gasteiger partial charge in [0.2, 0.25) is 0 Å². The number of alkyl carbamates (subject to hydrolysis) is 1. The monoisotopic (exact) mass is 243 g/mol. The molecule has 0 heterocycles. The van der Waals surface area contributed by atoms with E-state index in [2.05, 4.69) is 12.2 Å². The predicted molar refractivity (Wildman–Crippen MR) is 62.8 cm³/mol. The Hall–Kier alpha value is -1.26. The summed E-state index contributed by atoms with van der Waals surface area (Å²) in [7, 11) is 0. The van der Waals surface area contributed by atoms with Crippen molar-refractivity contribution in [2.45, 2.75) is 58.1 Å². The van der Waals surface area contributed by atoms with Crippen LogP contribution in [0.15, 0.2) is 0 Å². The second-order valence-electron chi connectivity index (χ2n) is 5.15. The molecule has 5 nitrogen and oxygen atoms in total. The molecule has 0 unspecified atom stereocenters. The van der Waals surface area contributed by atoms with Crippen LogP contribution in [-0.4, -0.2) is 28.8 Å². The lowest BCUT2D eigenvalue weighted by atomic mass is 9.77. The van der Waals surface area contributed by atoms with Gasteiger partial charge in [-0.15, -0.1) is 0 Å². The van der Waals surface area contributed by atoms with Crippen molar-refractivity contribution in [2.24, 2.45) is 5.92 Å². The van der Waals surface area contributed by atoms with Crippen LogP contribution >= 0.6 is 0 Å². The van der Waals surface area contributed by atoms with E-state index in [9.17, 15) is 14.7 Å². The summed E-state index contributed by atoms with van der Waals surface area (Å²) in [5, 5.41) is 11.8. The van der Waals surface area contributed by atoms with E-state index in [4.69, 9.17) is 4.74 Å². The summed E-state index contributed by atoms with van der Waals surface area (Å²) in [6.45, 7) is 5.56. The molecule has 0 radical (unpaired) electrons. The summed E-state index contributed by atoms with van der Waals surface area (Å²) in [5.74, 6) is -0.449. The summed E-state index contributed by atoms with van der Waals surface area (Å²) < 4.78 is 4.94. The van der Waals surface area contributed by atoms with Gasteiger partial charge in [-0.3, -0.25) is 0 Å². The molecule has 0 saturated heterocycles. The molecule has 2 N–H and O–H groups in total. The van der Waals surface area contributed by atoms with Crippen molar-refractivity contribution in [2.75, 3.05) is 0 Å². The predicted octanol–water partition coefficient (Wildman–Crippen LogP) is 2.15. The number of rotatable bonds is 3. The molecule has 17 heavy (non-hydrogen) atoms. The zero-order valence-electron chi connectivity index (χ0n) is 10.7. The van der Waals surface area contributed by atoms with E-state index in [0.29, 0.717) is 18.8 Å². The van der Waals surface area contributed by atoms with Crippen molar-refractivity contribution < 1.29 is 19.4 Å². The Labute approximate surface area is 102 Å². The molecule has 1 amide bonds. The molecule has 0 bridgehead atoms. The molecule has 0 aliphatic heterocycles. The summed E-state index contributed by atoms with van der Waals surface area (Å²) >= 11 is 0. The molecule has 0 spiro atoms. The van der Waals surface area contributed by atoms with Gasteiger partial charge in [0.15, 0.2) is 0 Å². The minimum Gasteiger partial charge on any atom is -0.480 e. The molecule has 5 heteroatoms. The highest BCUT2D eigenvalue weighted by Gasteiger charge is 2.43. The van der Waals surface area contributed by atoms with Crippen LogP contribution in [0.25, 0.3) is 0 Å². The molecular weight excluding hydrogens is 222 g/mol. The van der Waals surface area contributed by atoms with Crippen molar-refractivity contribution in [3.8, 4) is 0 Å². The molecule has 1 saturated carbocycles. The fourth-order valence-corrected chi connectivity index (χ4v) is 2.09. The zero-order valence-corrected chi connectivity index (χ0v) is 10.7. The third kappa shape index (κ3) is 3.61. The van der Waals surface area contributed by atoms with Gasteiger partial charge in [0.25, 0.3) is 0 Å². The second kappa shape index (κ2) is 5.38. The molecule has 98 valence electrons. The van der Waals surface area contributed by atoms with Crippen LogP contribution < -0.4 is 5.32 Å². The van der Waals surface area contributed by atoms with E-state index < -0.39 is 17.6 Å². The molecule has 0 aromatic carbocycles. The van der Waals surface area contributed by atoms with E-state index in [1.54, 1.807) is 13.8 Å². The van der Waals surface area contributed by atoms with Crippen LogP contribution in [0.5, 0.6) is 0 Å². The van der Waals surface area contributed by atoms with Crippen LogP contribution in [-0.2, 0) is 9.53 Å². The number of ether oxygens (including phenoxy) is 1. The molecule has 1 fully saturated rings. The van der Waals surface area contributed by atoms with E-state index in [1.807, 2.05) is 0 Å². The van der Waals surface area contributed by atoms with E-state index in [-0.39, 0.29) is 6.10 Å². The first-order valence-corrected chi connectivity index (χ1v) is 6.08. The highest BCUT2D eigenvalue weighted by molar-refractivity contribution is 5.84. The number of carboxylic acid groups (broad SMARTS) is 1. The molecule has 0 atom stereocenters. The van der Waals surface area contributed by atoms with Crippen molar-refractivity contribution in [3.63, 3.8) is 0 Å². The van der Waals surface area contributed by atoms with Gasteiger partial charge in [-0.05, 0) is 45.4 Å². The Morgan fingerprint density at radius 1 is 1.35 bits per heavy atom. The summed E-state index contributed by atoms with van der Waals surface area (Å²) in [5.41, 5.74) is -1.14. The Morgan fingerprint density at radius 3 is 2.29 bits per heavy atom. The number of carboxylic acids is 1. The molecule has 0 aromatic rings. The first-order chi connectivity index (χ1) is 7.85. The summed E-state index contributed by atoms with van der Waals surface area (Å²) in [6.07, 6.45) is 1.68. The average molecular weight is 243 g/mol. The van der Waals surface area contributed by atoms with Crippen LogP contribution in [0.3, 0.4) is 0 Å². The molecule has 1 rings (SSSR count). The normalized spacial score (nSPS) is 28.8.